The van der Waals surface area contributed by atoms with Crippen LogP contribution in [0.3, 0.4) is 0 Å². The highest BCUT2D eigenvalue weighted by atomic mass is 35.5. The fourth-order valence-corrected chi connectivity index (χ4v) is 1.40. The third-order valence-corrected chi connectivity index (χ3v) is 2.18. The highest BCUT2D eigenvalue weighted by Crippen LogP contribution is 2.24. The summed E-state index contributed by atoms with van der Waals surface area (Å²) in [5, 5.41) is 9.57. The van der Waals surface area contributed by atoms with Gasteiger partial charge in [-0.05, 0) is 20.2 Å². The van der Waals surface area contributed by atoms with E-state index in [1.54, 1.807) is 6.07 Å². The summed E-state index contributed by atoms with van der Waals surface area (Å²) >= 11 is 5.96. The van der Waals surface area contributed by atoms with Crippen LogP contribution in [0.4, 0.5) is 0 Å². The summed E-state index contributed by atoms with van der Waals surface area (Å²) in [6.07, 6.45) is 0. The van der Waals surface area contributed by atoms with Gasteiger partial charge >= 0.3 is 0 Å². The van der Waals surface area contributed by atoms with E-state index in [2.05, 4.69) is 6.07 Å². The molecule has 76 valence electrons. The molecule has 1 rings (SSSR count). The molecule has 1 aromatic carbocycles. The average Bonchev–Trinajstić information content (AvgIpc) is 2.09. The Morgan fingerprint density at radius 3 is 2.36 bits per heavy atom. The Kier molecular flexibility index (Phi) is 5.56. The van der Waals surface area contributed by atoms with E-state index in [-0.39, 0.29) is 18.4 Å². The summed E-state index contributed by atoms with van der Waals surface area (Å²) in [6.45, 7) is 0. The van der Waals surface area contributed by atoms with Gasteiger partial charge in [0.05, 0.1) is 6.07 Å². The van der Waals surface area contributed by atoms with Gasteiger partial charge in [-0.15, -0.1) is 12.4 Å². The Labute approximate surface area is 95.5 Å². The minimum absolute atomic E-state index is 0. The van der Waals surface area contributed by atoms with Gasteiger partial charge in [0.2, 0.25) is 0 Å². The summed E-state index contributed by atoms with van der Waals surface area (Å²) < 4.78 is 0. The first-order valence-electron chi connectivity index (χ1n) is 3.97. The van der Waals surface area contributed by atoms with Gasteiger partial charge < -0.3 is 0 Å². The molecule has 2 nitrogen and oxygen atoms in total. The van der Waals surface area contributed by atoms with Crippen LogP contribution in [0.2, 0.25) is 5.02 Å². The Morgan fingerprint density at radius 1 is 1.36 bits per heavy atom. The molecule has 0 aromatic heterocycles. The molecular formula is C10H12Cl2N2. The lowest BCUT2D eigenvalue weighted by molar-refractivity contribution is 0.358. The third kappa shape index (κ3) is 2.88. The summed E-state index contributed by atoms with van der Waals surface area (Å²) in [6, 6.07) is 9.34. The summed E-state index contributed by atoms with van der Waals surface area (Å²) in [5.41, 5.74) is 0.858. The van der Waals surface area contributed by atoms with Crippen LogP contribution in [-0.4, -0.2) is 19.0 Å². The molecule has 0 aliphatic heterocycles. The van der Waals surface area contributed by atoms with Crippen LogP contribution in [0.5, 0.6) is 0 Å². The van der Waals surface area contributed by atoms with Crippen molar-refractivity contribution in [3.05, 3.63) is 34.9 Å². The Hall–Kier alpha value is -0.750. The monoisotopic (exact) mass is 230 g/mol. The van der Waals surface area contributed by atoms with Crippen molar-refractivity contribution < 1.29 is 0 Å². The minimum atomic E-state index is -0.270. The van der Waals surface area contributed by atoms with Gasteiger partial charge in [-0.2, -0.15) is 5.26 Å². The second-order valence-corrected chi connectivity index (χ2v) is 3.42. The van der Waals surface area contributed by atoms with Gasteiger partial charge in [0.15, 0.2) is 0 Å². The first-order valence-corrected chi connectivity index (χ1v) is 4.35. The summed E-state index contributed by atoms with van der Waals surface area (Å²) in [7, 11) is 3.72. The standard InChI is InChI=1S/C10H11ClN2.ClH/c1-13(2)10(7-12)8-5-3-4-6-9(8)11;/h3-6,10H,1-2H3;1H. The molecular weight excluding hydrogens is 219 g/mol. The topological polar surface area (TPSA) is 27.0 Å². The quantitative estimate of drug-likeness (QED) is 0.782. The second kappa shape index (κ2) is 5.87. The van der Waals surface area contributed by atoms with Crippen molar-refractivity contribution in [2.45, 2.75) is 6.04 Å². The molecule has 0 bridgehead atoms. The van der Waals surface area contributed by atoms with Gasteiger partial charge in [-0.25, -0.2) is 0 Å². The lowest BCUT2D eigenvalue weighted by Gasteiger charge is -2.18. The smallest absolute Gasteiger partial charge is 0.124 e. The fraction of sp³-hybridized carbons (Fsp3) is 0.300. The van der Waals surface area contributed by atoms with E-state index in [4.69, 9.17) is 16.9 Å². The third-order valence-electron chi connectivity index (χ3n) is 1.84. The number of nitrogens with zero attached hydrogens (tertiary/aromatic N) is 2. The van der Waals surface area contributed by atoms with Crippen molar-refractivity contribution in [2.24, 2.45) is 0 Å². The van der Waals surface area contributed by atoms with Crippen molar-refractivity contribution in [3.8, 4) is 6.07 Å². The van der Waals surface area contributed by atoms with E-state index in [1.807, 2.05) is 37.2 Å². The van der Waals surface area contributed by atoms with Gasteiger partial charge in [-0.1, -0.05) is 29.8 Å². The van der Waals surface area contributed by atoms with Gasteiger partial charge in [0.1, 0.15) is 6.04 Å². The maximum Gasteiger partial charge on any atom is 0.124 e. The van der Waals surface area contributed by atoms with Crippen LogP contribution in [0.25, 0.3) is 0 Å². The lowest BCUT2D eigenvalue weighted by Crippen LogP contribution is -2.18. The van der Waals surface area contributed by atoms with E-state index >= 15 is 0 Å². The van der Waals surface area contributed by atoms with Gasteiger partial charge in [-0.3, -0.25) is 4.90 Å². The largest absolute Gasteiger partial charge is 0.290 e. The van der Waals surface area contributed by atoms with E-state index in [1.165, 1.54) is 0 Å². The molecule has 0 fully saturated rings. The highest BCUT2D eigenvalue weighted by molar-refractivity contribution is 6.31. The maximum atomic E-state index is 8.92. The number of nitriles is 1. The number of hydrogen-bond acceptors (Lipinski definition) is 2. The predicted octanol–water partition coefficient (Wildman–Crippen LogP) is 2.89. The first-order chi connectivity index (χ1) is 6.16. The molecule has 1 aromatic rings. The molecule has 0 N–H and O–H groups in total. The van der Waals surface area contributed by atoms with Crippen molar-refractivity contribution in [3.63, 3.8) is 0 Å². The number of halogens is 2. The van der Waals surface area contributed by atoms with Crippen LogP contribution >= 0.6 is 24.0 Å². The number of benzene rings is 1. The molecule has 0 radical (unpaired) electrons. The van der Waals surface area contributed by atoms with Crippen LogP contribution in [0.15, 0.2) is 24.3 Å². The maximum absolute atomic E-state index is 8.92. The second-order valence-electron chi connectivity index (χ2n) is 3.02. The number of rotatable bonds is 2. The van der Waals surface area contributed by atoms with Gasteiger partial charge in [0.25, 0.3) is 0 Å². The molecule has 0 saturated carbocycles. The predicted molar refractivity (Wildman–Crippen MR) is 60.7 cm³/mol. The summed E-state index contributed by atoms with van der Waals surface area (Å²) in [4.78, 5) is 1.83. The van der Waals surface area contributed by atoms with E-state index in [0.717, 1.165) is 5.56 Å². The van der Waals surface area contributed by atoms with Gasteiger partial charge in [0, 0.05) is 10.6 Å². The van der Waals surface area contributed by atoms with Crippen LogP contribution < -0.4 is 0 Å². The first kappa shape index (κ1) is 13.2. The lowest BCUT2D eigenvalue weighted by atomic mass is 10.1. The molecule has 1 atom stereocenters. The van der Waals surface area contributed by atoms with Crippen LogP contribution in [0, 0.1) is 11.3 Å². The Bertz CT molecular complexity index is 331. The molecule has 0 heterocycles. The molecule has 0 saturated heterocycles. The van der Waals surface area contributed by atoms with Crippen molar-refractivity contribution >= 4 is 24.0 Å². The SMILES string of the molecule is CN(C)C(C#N)c1ccccc1Cl.Cl. The zero-order valence-corrected chi connectivity index (χ0v) is 9.64. The Balaban J connectivity index is 0.00000169. The zero-order chi connectivity index (χ0) is 9.84. The molecule has 1 unspecified atom stereocenters. The minimum Gasteiger partial charge on any atom is -0.290 e. The van der Waals surface area contributed by atoms with E-state index < -0.39 is 0 Å². The number of hydrogen-bond donors (Lipinski definition) is 0. The summed E-state index contributed by atoms with van der Waals surface area (Å²) in [5.74, 6) is 0. The normalized spacial score (nSPS) is 11.6. The van der Waals surface area contributed by atoms with Crippen molar-refractivity contribution in [1.29, 1.82) is 5.26 Å². The fourth-order valence-electron chi connectivity index (χ4n) is 1.16. The van der Waals surface area contributed by atoms with Crippen LogP contribution in [-0.2, 0) is 0 Å². The molecule has 0 aliphatic rings. The van der Waals surface area contributed by atoms with E-state index in [9.17, 15) is 0 Å². The highest BCUT2D eigenvalue weighted by Gasteiger charge is 2.14. The Morgan fingerprint density at radius 2 is 1.93 bits per heavy atom. The average molecular weight is 231 g/mol. The molecule has 4 heteroatoms. The van der Waals surface area contributed by atoms with Crippen LogP contribution in [0.1, 0.15) is 11.6 Å². The van der Waals surface area contributed by atoms with Crippen molar-refractivity contribution in [1.82, 2.24) is 4.90 Å². The van der Waals surface area contributed by atoms with E-state index in [0.29, 0.717) is 5.02 Å². The molecule has 0 aliphatic carbocycles. The zero-order valence-electron chi connectivity index (χ0n) is 8.07. The van der Waals surface area contributed by atoms with Crippen molar-refractivity contribution in [2.75, 3.05) is 14.1 Å². The molecule has 0 amide bonds. The molecule has 0 spiro atoms. The molecule has 14 heavy (non-hydrogen) atoms.